The number of nitrogens with zero attached hydrogens (tertiary/aromatic N) is 2. The topological polar surface area (TPSA) is 9.86 Å². The summed E-state index contributed by atoms with van der Waals surface area (Å²) in [6, 6.07) is 41.7. The summed E-state index contributed by atoms with van der Waals surface area (Å²) in [5.74, 6) is 0. The van der Waals surface area contributed by atoms with Crippen LogP contribution < -0.4 is 0 Å². The Balaban J connectivity index is 1.50. The van der Waals surface area contributed by atoms with Gasteiger partial charge in [0.05, 0.1) is 11.0 Å². The van der Waals surface area contributed by atoms with Crippen LogP contribution in [0.2, 0.25) is 0 Å². The predicted molar refractivity (Wildman–Crippen MR) is 140 cm³/mol. The molecule has 5 aromatic carbocycles. The molecule has 0 aliphatic heterocycles. The lowest BCUT2D eigenvalue weighted by Crippen LogP contribution is -1.93. The molecule has 0 unspecified atom stereocenters. The van der Waals surface area contributed by atoms with Crippen LogP contribution in [0.4, 0.5) is 0 Å². The molecule has 0 aliphatic rings. The summed E-state index contributed by atoms with van der Waals surface area (Å²) in [4.78, 5) is 0. The van der Waals surface area contributed by atoms with Crippen molar-refractivity contribution < 1.29 is 0 Å². The second-order valence-corrected chi connectivity index (χ2v) is 8.73. The van der Waals surface area contributed by atoms with Crippen LogP contribution in [0.3, 0.4) is 0 Å². The van der Waals surface area contributed by atoms with Gasteiger partial charge in [-0.3, -0.25) is 0 Å². The highest BCUT2D eigenvalue weighted by molar-refractivity contribution is 6.11. The van der Waals surface area contributed by atoms with Gasteiger partial charge in [0.15, 0.2) is 0 Å². The molecule has 0 saturated heterocycles. The van der Waals surface area contributed by atoms with Crippen LogP contribution in [0.1, 0.15) is 0 Å². The summed E-state index contributed by atoms with van der Waals surface area (Å²) in [6.07, 6.45) is 0. The highest BCUT2D eigenvalue weighted by atomic mass is 15.0. The molecule has 0 N–H and O–H groups in total. The first-order valence-corrected chi connectivity index (χ1v) is 11.4. The van der Waals surface area contributed by atoms with E-state index >= 15 is 0 Å². The molecule has 156 valence electrons. The van der Waals surface area contributed by atoms with Gasteiger partial charge in [-0.25, -0.2) is 0 Å². The molecule has 0 bridgehead atoms. The van der Waals surface area contributed by atoms with E-state index in [1.165, 1.54) is 60.4 Å². The van der Waals surface area contributed by atoms with E-state index in [0.717, 1.165) is 0 Å². The fourth-order valence-electron chi connectivity index (χ4n) is 5.35. The lowest BCUT2D eigenvalue weighted by atomic mass is 10.0. The monoisotopic (exact) mass is 422 g/mol. The Bertz CT molecular complexity index is 1820. The molecule has 0 amide bonds. The zero-order valence-corrected chi connectivity index (χ0v) is 18.4. The first kappa shape index (κ1) is 18.3. The molecule has 0 radical (unpaired) electrons. The van der Waals surface area contributed by atoms with Crippen molar-refractivity contribution >= 4 is 43.6 Å². The maximum Gasteiger partial charge on any atom is 0.0547 e. The molecular formula is C31H22N2. The smallest absolute Gasteiger partial charge is 0.0547 e. The number of rotatable bonds is 2. The van der Waals surface area contributed by atoms with Crippen molar-refractivity contribution in [3.8, 4) is 16.8 Å². The van der Waals surface area contributed by atoms with Crippen molar-refractivity contribution in [1.29, 1.82) is 0 Å². The van der Waals surface area contributed by atoms with E-state index in [-0.39, 0.29) is 0 Å². The lowest BCUT2D eigenvalue weighted by Gasteiger charge is -2.09. The number of para-hydroxylation sites is 3. The average molecular weight is 423 g/mol. The van der Waals surface area contributed by atoms with Gasteiger partial charge >= 0.3 is 0 Å². The Morgan fingerprint density at radius 1 is 0.424 bits per heavy atom. The van der Waals surface area contributed by atoms with Gasteiger partial charge in [-0.2, -0.15) is 0 Å². The van der Waals surface area contributed by atoms with Gasteiger partial charge in [0, 0.05) is 45.3 Å². The molecule has 2 nitrogen and oxygen atoms in total. The number of aromatic nitrogens is 2. The Kier molecular flexibility index (Phi) is 3.80. The molecule has 7 rings (SSSR count). The van der Waals surface area contributed by atoms with E-state index in [2.05, 4.69) is 131 Å². The van der Waals surface area contributed by atoms with Crippen LogP contribution >= 0.6 is 0 Å². The zero-order valence-electron chi connectivity index (χ0n) is 18.4. The highest BCUT2D eigenvalue weighted by Gasteiger charge is 2.14. The second-order valence-electron chi connectivity index (χ2n) is 8.73. The van der Waals surface area contributed by atoms with E-state index in [4.69, 9.17) is 0 Å². The summed E-state index contributed by atoms with van der Waals surface area (Å²) >= 11 is 0. The van der Waals surface area contributed by atoms with E-state index in [0.29, 0.717) is 0 Å². The summed E-state index contributed by atoms with van der Waals surface area (Å²) in [5.41, 5.74) is 8.65. The number of aryl methyl sites for hydroxylation is 1. The quantitative estimate of drug-likeness (QED) is 0.266. The largest absolute Gasteiger partial charge is 0.344 e. The molecule has 7 aromatic rings. The van der Waals surface area contributed by atoms with Gasteiger partial charge in [-0.1, -0.05) is 78.9 Å². The van der Waals surface area contributed by atoms with E-state index in [1.54, 1.807) is 0 Å². The van der Waals surface area contributed by atoms with E-state index in [1.807, 2.05) is 0 Å². The number of fused-ring (bicyclic) bond motifs is 6. The molecular weight excluding hydrogens is 400 g/mol. The Labute approximate surface area is 191 Å². The minimum absolute atomic E-state index is 1.19. The van der Waals surface area contributed by atoms with E-state index < -0.39 is 0 Å². The first-order valence-electron chi connectivity index (χ1n) is 11.4. The van der Waals surface area contributed by atoms with Crippen LogP contribution in [0.5, 0.6) is 0 Å². The van der Waals surface area contributed by atoms with Crippen molar-refractivity contribution in [2.75, 3.05) is 0 Å². The van der Waals surface area contributed by atoms with Crippen LogP contribution in [-0.4, -0.2) is 9.13 Å². The summed E-state index contributed by atoms with van der Waals surface area (Å²) in [5, 5.41) is 5.17. The summed E-state index contributed by atoms with van der Waals surface area (Å²) in [7, 11) is 2.16. The summed E-state index contributed by atoms with van der Waals surface area (Å²) in [6.45, 7) is 0. The van der Waals surface area contributed by atoms with Gasteiger partial charge in [0.1, 0.15) is 0 Å². The Hall–Kier alpha value is -4.30. The molecule has 0 spiro atoms. The normalized spacial score (nSPS) is 11.8. The molecule has 2 heterocycles. The second kappa shape index (κ2) is 6.85. The fourth-order valence-corrected chi connectivity index (χ4v) is 5.35. The van der Waals surface area contributed by atoms with Crippen molar-refractivity contribution in [3.63, 3.8) is 0 Å². The molecule has 0 atom stereocenters. The highest BCUT2D eigenvalue weighted by Crippen LogP contribution is 2.36. The first-order chi connectivity index (χ1) is 16.3. The summed E-state index contributed by atoms with van der Waals surface area (Å²) < 4.78 is 4.68. The third kappa shape index (κ3) is 2.61. The van der Waals surface area contributed by atoms with E-state index in [9.17, 15) is 0 Å². The third-order valence-electron chi connectivity index (χ3n) is 6.94. The SMILES string of the molecule is Cn1c2ccccc2c2ccc(-c3ccc4c5ccccc5n(-c5ccccc5)c4c3)cc21. The predicted octanol–water partition coefficient (Wildman–Crippen LogP) is 8.10. The van der Waals surface area contributed by atoms with Crippen molar-refractivity contribution in [2.45, 2.75) is 0 Å². The molecule has 2 aromatic heterocycles. The fraction of sp³-hybridized carbons (Fsp3) is 0.0323. The number of hydrogen-bond acceptors (Lipinski definition) is 0. The third-order valence-corrected chi connectivity index (χ3v) is 6.94. The molecule has 0 saturated carbocycles. The van der Waals surface area contributed by atoms with Gasteiger partial charge in [-0.15, -0.1) is 0 Å². The molecule has 33 heavy (non-hydrogen) atoms. The van der Waals surface area contributed by atoms with Crippen LogP contribution in [-0.2, 0) is 7.05 Å². The minimum atomic E-state index is 1.19. The standard InChI is InChI=1S/C31H22N2/c1-32-28-13-7-5-11-24(28)26-17-15-21(19-30(26)32)22-16-18-27-25-12-6-8-14-29(25)33(31(27)20-22)23-9-3-2-4-10-23/h2-20H,1H3. The van der Waals surface area contributed by atoms with Gasteiger partial charge < -0.3 is 9.13 Å². The van der Waals surface area contributed by atoms with Gasteiger partial charge in [0.25, 0.3) is 0 Å². The number of benzene rings is 5. The van der Waals surface area contributed by atoms with Gasteiger partial charge in [0.2, 0.25) is 0 Å². The maximum atomic E-state index is 2.38. The van der Waals surface area contributed by atoms with Crippen molar-refractivity contribution in [3.05, 3.63) is 115 Å². The minimum Gasteiger partial charge on any atom is -0.344 e. The lowest BCUT2D eigenvalue weighted by molar-refractivity contribution is 1.01. The Morgan fingerprint density at radius 2 is 0.939 bits per heavy atom. The van der Waals surface area contributed by atoms with Crippen LogP contribution in [0.15, 0.2) is 115 Å². The Morgan fingerprint density at radius 3 is 1.67 bits per heavy atom. The molecule has 0 fully saturated rings. The molecule has 0 aliphatic carbocycles. The van der Waals surface area contributed by atoms with Gasteiger partial charge in [-0.05, 0) is 47.5 Å². The number of hydrogen-bond donors (Lipinski definition) is 0. The maximum absolute atomic E-state index is 2.38. The van der Waals surface area contributed by atoms with Crippen LogP contribution in [0.25, 0.3) is 60.4 Å². The van der Waals surface area contributed by atoms with Crippen molar-refractivity contribution in [2.24, 2.45) is 7.05 Å². The zero-order chi connectivity index (χ0) is 21.9. The van der Waals surface area contributed by atoms with Crippen LogP contribution in [0, 0.1) is 0 Å². The molecule has 2 heteroatoms. The average Bonchev–Trinajstić information content (AvgIpc) is 3.36. The van der Waals surface area contributed by atoms with Crippen molar-refractivity contribution in [1.82, 2.24) is 9.13 Å².